The van der Waals surface area contributed by atoms with Gasteiger partial charge in [-0.25, -0.2) is 0 Å². The molecule has 2 fully saturated rings. The second-order valence-corrected chi connectivity index (χ2v) is 5.35. The van der Waals surface area contributed by atoms with Gasteiger partial charge >= 0.3 is 0 Å². The minimum atomic E-state index is 0. The molecule has 0 radical (unpaired) electrons. The van der Waals surface area contributed by atoms with E-state index in [4.69, 9.17) is 0 Å². The van der Waals surface area contributed by atoms with Gasteiger partial charge in [0.15, 0.2) is 0 Å². The van der Waals surface area contributed by atoms with Crippen LogP contribution in [-0.2, 0) is 4.79 Å². The molecule has 0 aromatic rings. The van der Waals surface area contributed by atoms with Gasteiger partial charge in [0.05, 0.1) is 0 Å². The first-order valence-electron chi connectivity index (χ1n) is 6.77. The van der Waals surface area contributed by atoms with E-state index < -0.39 is 0 Å². The van der Waals surface area contributed by atoms with Gasteiger partial charge in [-0.3, -0.25) is 4.79 Å². The van der Waals surface area contributed by atoms with E-state index in [-0.39, 0.29) is 12.4 Å². The highest BCUT2D eigenvalue weighted by molar-refractivity contribution is 5.85. The lowest BCUT2D eigenvalue weighted by Crippen LogP contribution is -2.52. The number of halogens is 1. The summed E-state index contributed by atoms with van der Waals surface area (Å²) in [7, 11) is 0. The maximum atomic E-state index is 12.2. The van der Waals surface area contributed by atoms with Crippen LogP contribution in [0.4, 0.5) is 0 Å². The second kappa shape index (κ2) is 7.22. The van der Waals surface area contributed by atoms with Gasteiger partial charge in [-0.15, -0.1) is 12.4 Å². The molecular formula is C13H25ClN2O. The third-order valence-corrected chi connectivity index (χ3v) is 4.01. The second-order valence-electron chi connectivity index (χ2n) is 5.35. The lowest BCUT2D eigenvalue weighted by Gasteiger charge is -2.35. The van der Waals surface area contributed by atoms with E-state index >= 15 is 0 Å². The van der Waals surface area contributed by atoms with E-state index in [1.165, 1.54) is 32.1 Å². The van der Waals surface area contributed by atoms with Crippen molar-refractivity contribution in [2.24, 2.45) is 5.92 Å². The predicted molar refractivity (Wildman–Crippen MR) is 72.5 cm³/mol. The minimum absolute atomic E-state index is 0. The molecule has 2 rings (SSSR count). The quantitative estimate of drug-likeness (QED) is 0.826. The SMILES string of the molecule is C[C@H]1CNCCN1C(=O)CC1CCCCC1.Cl. The molecule has 1 saturated carbocycles. The molecule has 1 N–H and O–H groups in total. The zero-order valence-electron chi connectivity index (χ0n) is 10.8. The molecule has 17 heavy (non-hydrogen) atoms. The van der Waals surface area contributed by atoms with E-state index in [1.807, 2.05) is 0 Å². The van der Waals surface area contributed by atoms with Gasteiger partial charge in [0.2, 0.25) is 5.91 Å². The Bertz CT molecular complexity index is 242. The average molecular weight is 261 g/mol. The summed E-state index contributed by atoms with van der Waals surface area (Å²) in [6, 6.07) is 0.379. The number of nitrogens with one attached hydrogen (secondary N) is 1. The topological polar surface area (TPSA) is 32.3 Å². The Morgan fingerprint density at radius 3 is 2.65 bits per heavy atom. The number of piperazine rings is 1. The van der Waals surface area contributed by atoms with Crippen LogP contribution in [0.1, 0.15) is 45.4 Å². The maximum Gasteiger partial charge on any atom is 0.223 e. The molecule has 0 aromatic carbocycles. The molecule has 3 nitrogen and oxygen atoms in total. The highest BCUT2D eigenvalue weighted by Crippen LogP contribution is 2.27. The number of hydrogen-bond acceptors (Lipinski definition) is 2. The summed E-state index contributed by atoms with van der Waals surface area (Å²) < 4.78 is 0. The van der Waals surface area contributed by atoms with Crippen molar-refractivity contribution in [1.29, 1.82) is 0 Å². The number of nitrogens with zero attached hydrogens (tertiary/aromatic N) is 1. The van der Waals surface area contributed by atoms with Gasteiger partial charge < -0.3 is 10.2 Å². The first-order valence-corrected chi connectivity index (χ1v) is 6.77. The van der Waals surface area contributed by atoms with Crippen molar-refractivity contribution in [1.82, 2.24) is 10.2 Å². The molecule has 2 aliphatic rings. The first-order chi connectivity index (χ1) is 7.77. The van der Waals surface area contributed by atoms with Crippen molar-refractivity contribution in [2.45, 2.75) is 51.5 Å². The average Bonchev–Trinajstić information content (AvgIpc) is 2.31. The summed E-state index contributed by atoms with van der Waals surface area (Å²) in [5.41, 5.74) is 0. The van der Waals surface area contributed by atoms with E-state index in [0.717, 1.165) is 26.1 Å². The number of carbonyl (C=O) groups excluding carboxylic acids is 1. The fraction of sp³-hybridized carbons (Fsp3) is 0.923. The van der Waals surface area contributed by atoms with Crippen molar-refractivity contribution in [3.63, 3.8) is 0 Å². The highest BCUT2D eigenvalue weighted by atomic mass is 35.5. The number of rotatable bonds is 2. The zero-order valence-corrected chi connectivity index (χ0v) is 11.6. The zero-order chi connectivity index (χ0) is 11.4. The van der Waals surface area contributed by atoms with Crippen LogP contribution < -0.4 is 5.32 Å². The molecule has 0 unspecified atom stereocenters. The molecule has 0 spiro atoms. The van der Waals surface area contributed by atoms with Crippen molar-refractivity contribution < 1.29 is 4.79 Å². The van der Waals surface area contributed by atoms with Crippen LogP contribution in [0.3, 0.4) is 0 Å². The molecular weight excluding hydrogens is 236 g/mol. The fourth-order valence-electron chi connectivity index (χ4n) is 2.97. The van der Waals surface area contributed by atoms with Crippen molar-refractivity contribution in [2.75, 3.05) is 19.6 Å². The van der Waals surface area contributed by atoms with Gasteiger partial charge in [0.25, 0.3) is 0 Å². The summed E-state index contributed by atoms with van der Waals surface area (Å²) in [6.45, 7) is 4.95. The molecule has 1 atom stereocenters. The van der Waals surface area contributed by atoms with Gasteiger partial charge in [-0.1, -0.05) is 19.3 Å². The largest absolute Gasteiger partial charge is 0.337 e. The standard InChI is InChI=1S/C13H24N2O.ClH/c1-11-10-14-7-8-15(11)13(16)9-12-5-3-2-4-6-12;/h11-12,14H,2-10H2,1H3;1H/t11-;/m0./s1. The van der Waals surface area contributed by atoms with Crippen LogP contribution >= 0.6 is 12.4 Å². The molecule has 100 valence electrons. The van der Waals surface area contributed by atoms with Crippen LogP contribution in [-0.4, -0.2) is 36.5 Å². The van der Waals surface area contributed by atoms with Gasteiger partial charge in [0, 0.05) is 32.1 Å². The molecule has 0 bridgehead atoms. The van der Waals surface area contributed by atoms with Crippen LogP contribution in [0, 0.1) is 5.92 Å². The van der Waals surface area contributed by atoms with Crippen molar-refractivity contribution in [3.05, 3.63) is 0 Å². The van der Waals surface area contributed by atoms with Gasteiger partial charge in [0.1, 0.15) is 0 Å². The smallest absolute Gasteiger partial charge is 0.223 e. The van der Waals surface area contributed by atoms with E-state index in [0.29, 0.717) is 17.9 Å². The Hall–Kier alpha value is -0.280. The summed E-state index contributed by atoms with van der Waals surface area (Å²) >= 11 is 0. The van der Waals surface area contributed by atoms with Crippen molar-refractivity contribution in [3.8, 4) is 0 Å². The lowest BCUT2D eigenvalue weighted by atomic mass is 9.86. The van der Waals surface area contributed by atoms with Crippen LogP contribution in [0.2, 0.25) is 0 Å². The first kappa shape index (κ1) is 14.8. The third kappa shape index (κ3) is 4.14. The number of amides is 1. The molecule has 1 saturated heterocycles. The summed E-state index contributed by atoms with van der Waals surface area (Å²) in [5, 5.41) is 3.33. The minimum Gasteiger partial charge on any atom is -0.337 e. The molecule has 1 heterocycles. The van der Waals surface area contributed by atoms with E-state index in [1.54, 1.807) is 0 Å². The summed E-state index contributed by atoms with van der Waals surface area (Å²) in [6.07, 6.45) is 7.36. The Labute approximate surface area is 111 Å². The molecule has 1 amide bonds. The Balaban J connectivity index is 0.00000144. The normalized spacial score (nSPS) is 26.4. The Kier molecular flexibility index (Phi) is 6.28. The Morgan fingerprint density at radius 2 is 2.00 bits per heavy atom. The van der Waals surface area contributed by atoms with E-state index in [9.17, 15) is 4.79 Å². The maximum absolute atomic E-state index is 12.2. The molecule has 4 heteroatoms. The predicted octanol–water partition coefficient (Wildman–Crippen LogP) is 2.20. The highest BCUT2D eigenvalue weighted by Gasteiger charge is 2.25. The summed E-state index contributed by atoms with van der Waals surface area (Å²) in [5.74, 6) is 1.06. The van der Waals surface area contributed by atoms with Crippen LogP contribution in [0.25, 0.3) is 0 Å². The summed E-state index contributed by atoms with van der Waals surface area (Å²) in [4.78, 5) is 14.2. The van der Waals surface area contributed by atoms with Gasteiger partial charge in [-0.2, -0.15) is 0 Å². The molecule has 1 aliphatic carbocycles. The monoisotopic (exact) mass is 260 g/mol. The van der Waals surface area contributed by atoms with E-state index in [2.05, 4.69) is 17.1 Å². The molecule has 0 aromatic heterocycles. The fourth-order valence-corrected chi connectivity index (χ4v) is 2.97. The lowest BCUT2D eigenvalue weighted by molar-refractivity contribution is -0.135. The Morgan fingerprint density at radius 1 is 1.29 bits per heavy atom. The number of carbonyl (C=O) groups is 1. The van der Waals surface area contributed by atoms with Crippen LogP contribution in [0.15, 0.2) is 0 Å². The van der Waals surface area contributed by atoms with Crippen molar-refractivity contribution >= 4 is 18.3 Å². The number of hydrogen-bond donors (Lipinski definition) is 1. The van der Waals surface area contributed by atoms with Gasteiger partial charge in [-0.05, 0) is 25.7 Å². The molecule has 1 aliphatic heterocycles. The van der Waals surface area contributed by atoms with Crippen LogP contribution in [0.5, 0.6) is 0 Å². The third-order valence-electron chi connectivity index (χ3n) is 4.01.